The number of aliphatic hydroxyl groups is 1. The molecule has 60 valence electrons. The van der Waals surface area contributed by atoms with Crippen LogP contribution in [-0.4, -0.2) is 11.7 Å². The van der Waals surface area contributed by atoms with Crippen molar-refractivity contribution in [1.82, 2.24) is 0 Å². The molecule has 0 heterocycles. The second-order valence-electron chi connectivity index (χ2n) is 2.67. The lowest BCUT2D eigenvalue weighted by atomic mass is 10.1. The van der Waals surface area contributed by atoms with E-state index in [4.69, 9.17) is 5.73 Å². The maximum atomic E-state index is 9.33. The van der Waals surface area contributed by atoms with Gasteiger partial charge < -0.3 is 10.8 Å². The zero-order valence-corrected chi connectivity index (χ0v) is 6.62. The van der Waals surface area contributed by atoms with E-state index < -0.39 is 6.10 Å². The Hall–Kier alpha value is -0.860. The monoisotopic (exact) mass is 151 g/mol. The smallest absolute Gasteiger partial charge is 0.0912 e. The molecule has 0 amide bonds. The molecule has 0 fully saturated rings. The third-order valence-corrected chi connectivity index (χ3v) is 1.65. The van der Waals surface area contributed by atoms with Crippen molar-refractivity contribution in [1.29, 1.82) is 0 Å². The minimum Gasteiger partial charge on any atom is -0.387 e. The summed E-state index contributed by atoms with van der Waals surface area (Å²) < 4.78 is 0. The second kappa shape index (κ2) is 3.51. The molecule has 2 nitrogen and oxygen atoms in total. The summed E-state index contributed by atoms with van der Waals surface area (Å²) >= 11 is 0. The van der Waals surface area contributed by atoms with Gasteiger partial charge in [0.15, 0.2) is 0 Å². The van der Waals surface area contributed by atoms with E-state index in [0.29, 0.717) is 0 Å². The number of aryl methyl sites for hydroxylation is 1. The Balaban J connectivity index is 2.86. The Morgan fingerprint density at radius 1 is 1.55 bits per heavy atom. The molecule has 0 aromatic heterocycles. The first-order chi connectivity index (χ1) is 5.24. The van der Waals surface area contributed by atoms with E-state index in [-0.39, 0.29) is 6.54 Å². The van der Waals surface area contributed by atoms with Gasteiger partial charge in [0, 0.05) is 6.54 Å². The molecule has 0 saturated carbocycles. The zero-order chi connectivity index (χ0) is 8.27. The number of nitrogens with two attached hydrogens (primary N) is 1. The van der Waals surface area contributed by atoms with Gasteiger partial charge in [-0.2, -0.15) is 0 Å². The fourth-order valence-corrected chi connectivity index (χ4v) is 1.01. The summed E-state index contributed by atoms with van der Waals surface area (Å²) in [5.74, 6) is 0. The highest BCUT2D eigenvalue weighted by Gasteiger charge is 2.02. The van der Waals surface area contributed by atoms with E-state index in [1.165, 1.54) is 0 Å². The van der Waals surface area contributed by atoms with Gasteiger partial charge in [-0.3, -0.25) is 0 Å². The number of hydrogen-bond donors (Lipinski definition) is 2. The Morgan fingerprint density at radius 3 is 2.82 bits per heavy atom. The Morgan fingerprint density at radius 2 is 2.27 bits per heavy atom. The first kappa shape index (κ1) is 8.24. The molecule has 0 bridgehead atoms. The van der Waals surface area contributed by atoms with E-state index in [1.54, 1.807) is 0 Å². The van der Waals surface area contributed by atoms with Gasteiger partial charge in [-0.15, -0.1) is 0 Å². The molecule has 0 saturated heterocycles. The van der Waals surface area contributed by atoms with Crippen LogP contribution in [0.1, 0.15) is 17.2 Å². The molecule has 3 N–H and O–H groups in total. The van der Waals surface area contributed by atoms with Gasteiger partial charge in [0.05, 0.1) is 6.10 Å². The van der Waals surface area contributed by atoms with Gasteiger partial charge in [-0.05, 0) is 12.5 Å². The van der Waals surface area contributed by atoms with Crippen molar-refractivity contribution >= 4 is 0 Å². The van der Waals surface area contributed by atoms with Crippen LogP contribution in [0.2, 0.25) is 0 Å². The fourth-order valence-electron chi connectivity index (χ4n) is 1.01. The van der Waals surface area contributed by atoms with E-state index in [1.807, 2.05) is 31.2 Å². The summed E-state index contributed by atoms with van der Waals surface area (Å²) in [7, 11) is 0. The van der Waals surface area contributed by atoms with Crippen LogP contribution in [0.25, 0.3) is 0 Å². The summed E-state index contributed by atoms with van der Waals surface area (Å²) in [5, 5.41) is 9.33. The van der Waals surface area contributed by atoms with Crippen LogP contribution in [0.15, 0.2) is 24.3 Å². The fraction of sp³-hybridized carbons (Fsp3) is 0.333. The van der Waals surface area contributed by atoms with Gasteiger partial charge in [-0.1, -0.05) is 29.8 Å². The molecule has 0 aliphatic carbocycles. The normalized spacial score (nSPS) is 13.0. The minimum absolute atomic E-state index is 0.281. The number of rotatable bonds is 2. The maximum Gasteiger partial charge on any atom is 0.0912 e. The molecule has 1 aromatic rings. The predicted octanol–water partition coefficient (Wildman–Crippen LogP) is 0.987. The van der Waals surface area contributed by atoms with Crippen molar-refractivity contribution in [3.05, 3.63) is 35.4 Å². The van der Waals surface area contributed by atoms with E-state index in [2.05, 4.69) is 0 Å². The molecular formula is C9H13NO. The molecule has 0 aliphatic rings. The second-order valence-corrected chi connectivity index (χ2v) is 2.67. The van der Waals surface area contributed by atoms with Crippen molar-refractivity contribution in [2.75, 3.05) is 6.54 Å². The van der Waals surface area contributed by atoms with Crippen molar-refractivity contribution < 1.29 is 5.11 Å². The average molecular weight is 151 g/mol. The van der Waals surface area contributed by atoms with Crippen LogP contribution >= 0.6 is 0 Å². The van der Waals surface area contributed by atoms with E-state index >= 15 is 0 Å². The lowest BCUT2D eigenvalue weighted by molar-refractivity contribution is 0.186. The summed E-state index contributed by atoms with van der Waals surface area (Å²) in [5.41, 5.74) is 7.35. The van der Waals surface area contributed by atoms with Crippen LogP contribution in [0.5, 0.6) is 0 Å². The summed E-state index contributed by atoms with van der Waals surface area (Å²) in [6.45, 7) is 2.27. The summed E-state index contributed by atoms with van der Waals surface area (Å²) in [6, 6.07) is 7.73. The molecule has 0 radical (unpaired) electrons. The van der Waals surface area contributed by atoms with E-state index in [9.17, 15) is 5.11 Å². The Labute approximate surface area is 66.7 Å². The molecule has 1 atom stereocenters. The van der Waals surface area contributed by atoms with Crippen LogP contribution in [-0.2, 0) is 0 Å². The van der Waals surface area contributed by atoms with Crippen LogP contribution < -0.4 is 5.73 Å². The lowest BCUT2D eigenvalue weighted by Gasteiger charge is -2.07. The first-order valence-corrected chi connectivity index (χ1v) is 3.68. The van der Waals surface area contributed by atoms with Gasteiger partial charge in [0.2, 0.25) is 0 Å². The predicted molar refractivity (Wildman–Crippen MR) is 45.2 cm³/mol. The average Bonchev–Trinajstić information content (AvgIpc) is 2.03. The van der Waals surface area contributed by atoms with E-state index in [0.717, 1.165) is 11.1 Å². The first-order valence-electron chi connectivity index (χ1n) is 3.68. The number of hydrogen-bond acceptors (Lipinski definition) is 2. The van der Waals surface area contributed by atoms with Crippen molar-refractivity contribution in [3.63, 3.8) is 0 Å². The zero-order valence-electron chi connectivity index (χ0n) is 6.62. The standard InChI is InChI=1S/C9H13NO/c1-7-3-2-4-8(5-7)9(11)6-10/h2-5,9,11H,6,10H2,1H3/t9-/m1/s1. The molecule has 0 aliphatic heterocycles. The quantitative estimate of drug-likeness (QED) is 0.662. The van der Waals surface area contributed by atoms with Crippen LogP contribution in [0.4, 0.5) is 0 Å². The van der Waals surface area contributed by atoms with Crippen molar-refractivity contribution in [2.24, 2.45) is 5.73 Å². The molecule has 11 heavy (non-hydrogen) atoms. The van der Waals surface area contributed by atoms with Crippen LogP contribution in [0.3, 0.4) is 0 Å². The van der Waals surface area contributed by atoms with Gasteiger partial charge >= 0.3 is 0 Å². The number of benzene rings is 1. The van der Waals surface area contributed by atoms with Crippen molar-refractivity contribution in [3.8, 4) is 0 Å². The summed E-state index contributed by atoms with van der Waals surface area (Å²) in [6.07, 6.45) is -0.519. The molecule has 2 heteroatoms. The SMILES string of the molecule is Cc1cccc([C@H](O)CN)c1. The van der Waals surface area contributed by atoms with Gasteiger partial charge in [0.25, 0.3) is 0 Å². The topological polar surface area (TPSA) is 46.2 Å². The van der Waals surface area contributed by atoms with Gasteiger partial charge in [-0.25, -0.2) is 0 Å². The highest BCUT2D eigenvalue weighted by molar-refractivity contribution is 5.24. The third-order valence-electron chi connectivity index (χ3n) is 1.65. The highest BCUT2D eigenvalue weighted by atomic mass is 16.3. The minimum atomic E-state index is -0.519. The molecule has 0 unspecified atom stereocenters. The number of aliphatic hydroxyl groups excluding tert-OH is 1. The van der Waals surface area contributed by atoms with Crippen molar-refractivity contribution in [2.45, 2.75) is 13.0 Å². The molecular weight excluding hydrogens is 138 g/mol. The molecule has 0 spiro atoms. The lowest BCUT2D eigenvalue weighted by Crippen LogP contribution is -2.11. The summed E-state index contributed by atoms with van der Waals surface area (Å²) in [4.78, 5) is 0. The van der Waals surface area contributed by atoms with Gasteiger partial charge in [0.1, 0.15) is 0 Å². The van der Waals surface area contributed by atoms with Crippen LogP contribution in [0, 0.1) is 6.92 Å². The molecule has 1 aromatic carbocycles. The Kier molecular flexibility index (Phi) is 2.63. The Bertz CT molecular complexity index is 235. The molecule has 1 rings (SSSR count). The largest absolute Gasteiger partial charge is 0.387 e. The maximum absolute atomic E-state index is 9.33. The third kappa shape index (κ3) is 2.03. The highest BCUT2D eigenvalue weighted by Crippen LogP contribution is 2.12.